The zero-order valence-electron chi connectivity index (χ0n) is 15.8. The molecule has 0 radical (unpaired) electrons. The van der Waals surface area contributed by atoms with Crippen LogP contribution in [0.3, 0.4) is 0 Å². The first-order valence-electron chi connectivity index (χ1n) is 9.56. The highest BCUT2D eigenvalue weighted by atomic mass is 79.9. The SMILES string of the molecule is CC1CC(n2c(Cc3cscn3)nc3cnc4ccc(Br)cc4c32)CC(C)O1. The minimum atomic E-state index is 0.234. The second-order valence-electron chi connectivity index (χ2n) is 7.59. The molecule has 5 nitrogen and oxygen atoms in total. The van der Waals surface area contributed by atoms with E-state index in [0.717, 1.165) is 51.7 Å². The number of halogens is 1. The average Bonchev–Trinajstić information content (AvgIpc) is 3.28. The van der Waals surface area contributed by atoms with E-state index in [0.29, 0.717) is 6.04 Å². The average molecular weight is 457 g/mol. The third kappa shape index (κ3) is 3.25. The van der Waals surface area contributed by atoms with Crippen molar-refractivity contribution in [2.75, 3.05) is 0 Å². The van der Waals surface area contributed by atoms with Crippen LogP contribution in [0.2, 0.25) is 0 Å². The van der Waals surface area contributed by atoms with Gasteiger partial charge in [0.1, 0.15) is 11.3 Å². The van der Waals surface area contributed by atoms with E-state index in [1.54, 1.807) is 11.3 Å². The summed E-state index contributed by atoms with van der Waals surface area (Å²) in [7, 11) is 0. The van der Waals surface area contributed by atoms with E-state index in [4.69, 9.17) is 9.72 Å². The summed E-state index contributed by atoms with van der Waals surface area (Å²) in [6.45, 7) is 4.33. The standard InChI is InChI=1S/C21H21BrN4OS/c1-12-5-16(6-13(2)27-12)26-20(8-15-10-28-11-24-15)25-19-9-23-18-4-3-14(22)7-17(18)21(19)26/h3-4,7,9-13,16H,5-6,8H2,1-2H3. The Bertz CT molecular complexity index is 1130. The molecule has 4 aromatic rings. The van der Waals surface area contributed by atoms with Gasteiger partial charge in [-0.3, -0.25) is 4.98 Å². The minimum absolute atomic E-state index is 0.234. The zero-order valence-corrected chi connectivity index (χ0v) is 18.2. The van der Waals surface area contributed by atoms with Gasteiger partial charge in [-0.25, -0.2) is 9.97 Å². The summed E-state index contributed by atoms with van der Waals surface area (Å²) in [4.78, 5) is 14.1. The zero-order chi connectivity index (χ0) is 19.3. The molecular formula is C21H21BrN4OS. The van der Waals surface area contributed by atoms with Crippen LogP contribution in [0.5, 0.6) is 0 Å². The van der Waals surface area contributed by atoms with Gasteiger partial charge in [-0.2, -0.15) is 0 Å². The van der Waals surface area contributed by atoms with Gasteiger partial charge in [-0.15, -0.1) is 11.3 Å². The number of thiazole rings is 1. The molecule has 0 bridgehead atoms. The lowest BCUT2D eigenvalue weighted by Crippen LogP contribution is -2.31. The van der Waals surface area contributed by atoms with Gasteiger partial charge in [0.05, 0.1) is 40.6 Å². The first kappa shape index (κ1) is 18.2. The number of benzene rings is 1. The quantitative estimate of drug-likeness (QED) is 0.406. The molecule has 2 unspecified atom stereocenters. The van der Waals surface area contributed by atoms with Gasteiger partial charge >= 0.3 is 0 Å². The summed E-state index contributed by atoms with van der Waals surface area (Å²) in [5, 5.41) is 3.24. The van der Waals surface area contributed by atoms with Crippen LogP contribution in [-0.4, -0.2) is 31.7 Å². The Morgan fingerprint density at radius 3 is 2.75 bits per heavy atom. The van der Waals surface area contributed by atoms with Crippen molar-refractivity contribution in [1.29, 1.82) is 0 Å². The highest BCUT2D eigenvalue weighted by molar-refractivity contribution is 9.10. The number of rotatable bonds is 3. The summed E-state index contributed by atoms with van der Waals surface area (Å²) in [5.41, 5.74) is 6.05. The number of imidazole rings is 1. The third-order valence-corrected chi connectivity index (χ3v) is 6.54. The first-order valence-corrected chi connectivity index (χ1v) is 11.3. The molecule has 2 atom stereocenters. The lowest BCUT2D eigenvalue weighted by molar-refractivity contribution is -0.0484. The Morgan fingerprint density at radius 1 is 1.18 bits per heavy atom. The molecule has 3 aromatic heterocycles. The molecular weight excluding hydrogens is 436 g/mol. The molecule has 1 fully saturated rings. The van der Waals surface area contributed by atoms with E-state index in [1.165, 1.54) is 5.52 Å². The van der Waals surface area contributed by atoms with Gasteiger partial charge < -0.3 is 9.30 Å². The molecule has 5 rings (SSSR count). The summed E-state index contributed by atoms with van der Waals surface area (Å²) in [5.74, 6) is 1.06. The van der Waals surface area contributed by atoms with Gasteiger partial charge in [-0.05, 0) is 44.9 Å². The van der Waals surface area contributed by atoms with Crippen LogP contribution in [0.1, 0.15) is 44.2 Å². The lowest BCUT2D eigenvalue weighted by atomic mass is 9.98. The van der Waals surface area contributed by atoms with Crippen LogP contribution in [0.15, 0.2) is 39.8 Å². The van der Waals surface area contributed by atoms with Crippen molar-refractivity contribution in [3.8, 4) is 0 Å². The van der Waals surface area contributed by atoms with E-state index in [9.17, 15) is 0 Å². The molecule has 4 heterocycles. The number of hydrogen-bond acceptors (Lipinski definition) is 5. The maximum Gasteiger partial charge on any atom is 0.116 e. The maximum absolute atomic E-state index is 6.01. The van der Waals surface area contributed by atoms with Crippen molar-refractivity contribution in [2.24, 2.45) is 0 Å². The second kappa shape index (κ2) is 7.21. The second-order valence-corrected chi connectivity index (χ2v) is 9.23. The topological polar surface area (TPSA) is 52.8 Å². The molecule has 0 amide bonds. The van der Waals surface area contributed by atoms with Crippen LogP contribution in [0, 0.1) is 0 Å². The van der Waals surface area contributed by atoms with Crippen molar-refractivity contribution in [2.45, 2.75) is 51.4 Å². The van der Waals surface area contributed by atoms with Crippen molar-refractivity contribution in [3.63, 3.8) is 0 Å². The number of hydrogen-bond donors (Lipinski definition) is 0. The highest BCUT2D eigenvalue weighted by Gasteiger charge is 2.29. The van der Waals surface area contributed by atoms with E-state index >= 15 is 0 Å². The fraction of sp³-hybridized carbons (Fsp3) is 0.381. The van der Waals surface area contributed by atoms with Gasteiger partial charge in [-0.1, -0.05) is 15.9 Å². The Labute approximate surface area is 175 Å². The number of nitrogens with zero attached hydrogens (tertiary/aromatic N) is 4. The monoisotopic (exact) mass is 456 g/mol. The molecule has 0 spiro atoms. The summed E-state index contributed by atoms with van der Waals surface area (Å²) in [6.07, 6.45) is 5.07. The fourth-order valence-electron chi connectivity index (χ4n) is 4.38. The van der Waals surface area contributed by atoms with Gasteiger partial charge in [0.15, 0.2) is 0 Å². The Hall–Kier alpha value is -1.83. The molecule has 28 heavy (non-hydrogen) atoms. The largest absolute Gasteiger partial charge is 0.375 e. The summed E-state index contributed by atoms with van der Waals surface area (Å²) >= 11 is 5.25. The molecule has 0 N–H and O–H groups in total. The van der Waals surface area contributed by atoms with Crippen LogP contribution >= 0.6 is 27.3 Å². The molecule has 1 saturated heterocycles. The number of ether oxygens (including phenoxy) is 1. The predicted molar refractivity (Wildman–Crippen MR) is 116 cm³/mol. The molecule has 0 aliphatic carbocycles. The third-order valence-electron chi connectivity index (χ3n) is 5.41. The van der Waals surface area contributed by atoms with Crippen molar-refractivity contribution in [1.82, 2.24) is 19.5 Å². The number of aromatic nitrogens is 4. The van der Waals surface area contributed by atoms with E-state index in [1.807, 2.05) is 17.8 Å². The molecule has 144 valence electrons. The Balaban J connectivity index is 1.76. The van der Waals surface area contributed by atoms with Crippen LogP contribution in [0.25, 0.3) is 21.9 Å². The fourth-order valence-corrected chi connectivity index (χ4v) is 5.30. The summed E-state index contributed by atoms with van der Waals surface area (Å²) < 4.78 is 9.51. The maximum atomic E-state index is 6.01. The predicted octanol–water partition coefficient (Wildman–Crippen LogP) is 5.52. The van der Waals surface area contributed by atoms with E-state index < -0.39 is 0 Å². The van der Waals surface area contributed by atoms with Gasteiger partial charge in [0.2, 0.25) is 0 Å². The van der Waals surface area contributed by atoms with Crippen molar-refractivity contribution in [3.05, 3.63) is 51.3 Å². The van der Waals surface area contributed by atoms with E-state index in [2.05, 4.69) is 61.8 Å². The molecule has 0 saturated carbocycles. The minimum Gasteiger partial charge on any atom is -0.375 e. The van der Waals surface area contributed by atoms with Crippen molar-refractivity contribution < 1.29 is 4.74 Å². The molecule has 1 aliphatic heterocycles. The van der Waals surface area contributed by atoms with Crippen molar-refractivity contribution >= 4 is 49.2 Å². The van der Waals surface area contributed by atoms with E-state index in [-0.39, 0.29) is 12.2 Å². The normalized spacial score (nSPS) is 22.9. The molecule has 1 aliphatic rings. The lowest BCUT2D eigenvalue weighted by Gasteiger charge is -2.34. The highest BCUT2D eigenvalue weighted by Crippen LogP contribution is 2.36. The Kier molecular flexibility index (Phi) is 4.69. The first-order chi connectivity index (χ1) is 13.6. The van der Waals surface area contributed by atoms with Gasteiger partial charge in [0.25, 0.3) is 0 Å². The van der Waals surface area contributed by atoms with Crippen LogP contribution in [-0.2, 0) is 11.2 Å². The molecule has 1 aromatic carbocycles. The van der Waals surface area contributed by atoms with Gasteiger partial charge in [0, 0.05) is 27.7 Å². The smallest absolute Gasteiger partial charge is 0.116 e. The number of fused-ring (bicyclic) bond motifs is 3. The summed E-state index contributed by atoms with van der Waals surface area (Å²) in [6, 6.07) is 6.60. The van der Waals surface area contributed by atoms with Crippen LogP contribution < -0.4 is 0 Å². The van der Waals surface area contributed by atoms with Crippen LogP contribution in [0.4, 0.5) is 0 Å². The molecule has 7 heteroatoms. The number of pyridine rings is 1. The Morgan fingerprint density at radius 2 is 2.00 bits per heavy atom.